The first-order valence-electron chi connectivity index (χ1n) is 3.75. The van der Waals surface area contributed by atoms with Gasteiger partial charge in [-0.25, -0.2) is 13.6 Å². The van der Waals surface area contributed by atoms with Crippen LogP contribution in [0.1, 0.15) is 0 Å². The molecule has 0 amide bonds. The van der Waals surface area contributed by atoms with Crippen molar-refractivity contribution in [2.24, 2.45) is 5.14 Å². The zero-order chi connectivity index (χ0) is 10.6. The molecule has 0 aromatic heterocycles. The third-order valence-corrected chi connectivity index (χ3v) is 2.38. The predicted molar refractivity (Wildman–Crippen MR) is 52.7 cm³/mol. The Labute approximate surface area is 82.0 Å². The molecule has 1 unspecified atom stereocenters. The van der Waals surface area contributed by atoms with Gasteiger partial charge in [0.05, 0.1) is 0 Å². The van der Waals surface area contributed by atoms with Crippen molar-refractivity contribution >= 4 is 22.0 Å². The van der Waals surface area contributed by atoms with E-state index in [2.05, 4.69) is 5.32 Å². The number of carbonyl (C=O) groups excluding carboxylic acids is 1. The van der Waals surface area contributed by atoms with E-state index < -0.39 is 15.4 Å². The summed E-state index contributed by atoms with van der Waals surface area (Å²) in [5.74, 6) is 0. The normalized spacial score (nSPS) is 13.2. The van der Waals surface area contributed by atoms with Gasteiger partial charge in [0.15, 0.2) is 0 Å². The Morgan fingerprint density at radius 1 is 1.29 bits per heavy atom. The van der Waals surface area contributed by atoms with E-state index >= 15 is 0 Å². The molecule has 0 bridgehead atoms. The van der Waals surface area contributed by atoms with Crippen LogP contribution in [0.15, 0.2) is 30.3 Å². The lowest BCUT2D eigenvalue weighted by Gasteiger charge is -2.10. The van der Waals surface area contributed by atoms with Gasteiger partial charge in [-0.15, -0.1) is 0 Å². The van der Waals surface area contributed by atoms with Crippen LogP contribution < -0.4 is 10.5 Å². The Balaban J connectivity index is 2.82. The molecule has 0 spiro atoms. The summed E-state index contributed by atoms with van der Waals surface area (Å²) in [5, 5.41) is 5.69. The molecule has 0 fully saturated rings. The standard InChI is InChI=1S/C8H9N2O3S/c9-14(12,13)8(6-11)10-7-4-2-1-3-5-7/h1-5,8,10H,(H2,9,12,13). The summed E-state index contributed by atoms with van der Waals surface area (Å²) in [7, 11) is -3.95. The van der Waals surface area contributed by atoms with Gasteiger partial charge in [0.1, 0.15) is 0 Å². The van der Waals surface area contributed by atoms with Crippen LogP contribution in [0.2, 0.25) is 0 Å². The monoisotopic (exact) mass is 213 g/mol. The minimum Gasteiger partial charge on any atom is -0.362 e. The zero-order valence-corrected chi connectivity index (χ0v) is 7.99. The molecular weight excluding hydrogens is 204 g/mol. The maximum Gasteiger partial charge on any atom is 0.240 e. The van der Waals surface area contributed by atoms with Gasteiger partial charge >= 0.3 is 0 Å². The minimum absolute atomic E-state index is 0.495. The first-order chi connectivity index (χ1) is 6.54. The topological polar surface area (TPSA) is 89.3 Å². The van der Waals surface area contributed by atoms with Crippen molar-refractivity contribution in [3.8, 4) is 0 Å². The number of rotatable bonds is 4. The van der Waals surface area contributed by atoms with E-state index in [0.29, 0.717) is 5.69 Å². The average Bonchev–Trinajstić information content (AvgIpc) is 2.14. The van der Waals surface area contributed by atoms with E-state index in [1.165, 1.54) is 6.29 Å². The van der Waals surface area contributed by atoms with Gasteiger partial charge in [0.25, 0.3) is 0 Å². The number of hydrogen-bond acceptors (Lipinski definition) is 4. The summed E-state index contributed by atoms with van der Waals surface area (Å²) in [6.45, 7) is 0. The lowest BCUT2D eigenvalue weighted by Crippen LogP contribution is -2.36. The molecule has 1 aromatic rings. The molecule has 5 nitrogen and oxygen atoms in total. The summed E-state index contributed by atoms with van der Waals surface area (Å²) >= 11 is 0. The second kappa shape index (κ2) is 4.21. The number of benzene rings is 1. The molecule has 1 atom stereocenters. The number of sulfonamides is 1. The van der Waals surface area contributed by atoms with Gasteiger partial charge < -0.3 is 5.32 Å². The van der Waals surface area contributed by atoms with Gasteiger partial charge in [-0.05, 0) is 12.1 Å². The van der Waals surface area contributed by atoms with Crippen LogP contribution in [0, 0.1) is 0 Å². The second-order valence-electron chi connectivity index (χ2n) is 2.60. The summed E-state index contributed by atoms with van der Waals surface area (Å²) < 4.78 is 21.6. The van der Waals surface area contributed by atoms with Gasteiger partial charge in [0.2, 0.25) is 21.7 Å². The number of para-hydroxylation sites is 1. The van der Waals surface area contributed by atoms with Crippen molar-refractivity contribution in [1.82, 2.24) is 0 Å². The highest BCUT2D eigenvalue weighted by molar-refractivity contribution is 7.90. The zero-order valence-electron chi connectivity index (χ0n) is 7.17. The molecule has 6 heteroatoms. The minimum atomic E-state index is -3.95. The molecule has 0 saturated heterocycles. The molecule has 0 heterocycles. The smallest absolute Gasteiger partial charge is 0.240 e. The Kier molecular flexibility index (Phi) is 3.21. The fourth-order valence-electron chi connectivity index (χ4n) is 0.864. The summed E-state index contributed by atoms with van der Waals surface area (Å²) in [6, 6.07) is 8.41. The molecule has 0 aliphatic carbocycles. The highest BCUT2D eigenvalue weighted by Gasteiger charge is 2.20. The highest BCUT2D eigenvalue weighted by Crippen LogP contribution is 2.07. The Hall–Kier alpha value is -1.40. The van der Waals surface area contributed by atoms with Gasteiger partial charge in [0, 0.05) is 5.69 Å². The average molecular weight is 213 g/mol. The van der Waals surface area contributed by atoms with E-state index in [4.69, 9.17) is 5.14 Å². The molecule has 0 saturated carbocycles. The number of anilines is 1. The van der Waals surface area contributed by atoms with Crippen LogP contribution in [-0.4, -0.2) is 20.1 Å². The first kappa shape index (κ1) is 10.7. The van der Waals surface area contributed by atoms with E-state index in [1.54, 1.807) is 30.3 Å². The van der Waals surface area contributed by atoms with Gasteiger partial charge in [-0.1, -0.05) is 18.2 Å². The number of nitrogens with two attached hydrogens (primary N) is 1. The molecule has 1 aromatic carbocycles. The molecule has 1 rings (SSSR count). The van der Waals surface area contributed by atoms with Crippen LogP contribution in [0.4, 0.5) is 5.69 Å². The quantitative estimate of drug-likeness (QED) is 0.726. The van der Waals surface area contributed by atoms with Crippen molar-refractivity contribution in [3.05, 3.63) is 30.3 Å². The molecule has 1 radical (unpaired) electrons. The Morgan fingerprint density at radius 2 is 1.86 bits per heavy atom. The molecule has 3 N–H and O–H groups in total. The molecular formula is C8H9N2O3S. The third-order valence-electron chi connectivity index (χ3n) is 1.51. The predicted octanol–water partition coefficient (Wildman–Crippen LogP) is -0.177. The number of primary sulfonamides is 1. The number of hydrogen-bond donors (Lipinski definition) is 2. The van der Waals surface area contributed by atoms with Crippen molar-refractivity contribution in [2.75, 3.05) is 5.32 Å². The van der Waals surface area contributed by atoms with Crippen molar-refractivity contribution in [2.45, 2.75) is 5.37 Å². The van der Waals surface area contributed by atoms with Crippen LogP contribution in [0.3, 0.4) is 0 Å². The van der Waals surface area contributed by atoms with Crippen LogP contribution in [-0.2, 0) is 14.8 Å². The lowest BCUT2D eigenvalue weighted by atomic mass is 10.3. The lowest BCUT2D eigenvalue weighted by molar-refractivity contribution is 0.549. The van der Waals surface area contributed by atoms with Crippen LogP contribution in [0.25, 0.3) is 0 Å². The molecule has 0 aliphatic heterocycles. The maximum atomic E-state index is 10.8. The van der Waals surface area contributed by atoms with Crippen molar-refractivity contribution in [1.29, 1.82) is 0 Å². The fraction of sp³-hybridized carbons (Fsp3) is 0.125. The maximum absolute atomic E-state index is 10.8. The van der Waals surface area contributed by atoms with E-state index in [1.807, 2.05) is 0 Å². The summed E-state index contributed by atoms with van der Waals surface area (Å²) in [6.07, 6.45) is 1.32. The Bertz CT molecular complexity index is 402. The van der Waals surface area contributed by atoms with E-state index in [0.717, 1.165) is 0 Å². The van der Waals surface area contributed by atoms with Crippen LogP contribution >= 0.6 is 0 Å². The second-order valence-corrected chi connectivity index (χ2v) is 4.25. The van der Waals surface area contributed by atoms with Gasteiger partial charge in [-0.3, -0.25) is 4.79 Å². The molecule has 75 valence electrons. The molecule has 0 aliphatic rings. The summed E-state index contributed by atoms with van der Waals surface area (Å²) in [5.41, 5.74) is 0.495. The largest absolute Gasteiger partial charge is 0.362 e. The number of nitrogens with one attached hydrogen (secondary N) is 1. The van der Waals surface area contributed by atoms with E-state index in [-0.39, 0.29) is 0 Å². The van der Waals surface area contributed by atoms with E-state index in [9.17, 15) is 13.2 Å². The molecule has 14 heavy (non-hydrogen) atoms. The third kappa shape index (κ3) is 2.82. The SMILES string of the molecule is NS(=O)(=O)C([C]=O)Nc1ccccc1. The van der Waals surface area contributed by atoms with Crippen LogP contribution in [0.5, 0.6) is 0 Å². The highest BCUT2D eigenvalue weighted by atomic mass is 32.2. The van der Waals surface area contributed by atoms with Crippen molar-refractivity contribution < 1.29 is 13.2 Å². The fourth-order valence-corrected chi connectivity index (χ4v) is 1.30. The van der Waals surface area contributed by atoms with Gasteiger partial charge in [-0.2, -0.15) is 0 Å². The first-order valence-corrected chi connectivity index (χ1v) is 5.36. The Morgan fingerprint density at radius 3 is 2.29 bits per heavy atom. The summed E-state index contributed by atoms with van der Waals surface area (Å²) in [4.78, 5) is 10.3. The van der Waals surface area contributed by atoms with Crippen molar-refractivity contribution in [3.63, 3.8) is 0 Å².